The highest BCUT2D eigenvalue weighted by Gasteiger charge is 2.16. The average molecular weight is 387 g/mol. The van der Waals surface area contributed by atoms with Gasteiger partial charge in [-0.15, -0.1) is 0 Å². The number of non-ortho nitro benzene ring substituents is 1. The summed E-state index contributed by atoms with van der Waals surface area (Å²) < 4.78 is 10.6. The maximum Gasteiger partial charge on any atom is 0.277 e. The van der Waals surface area contributed by atoms with Gasteiger partial charge in [-0.3, -0.25) is 14.9 Å². The molecule has 0 aliphatic carbocycles. The molecule has 0 heterocycles. The third-order valence-electron chi connectivity index (χ3n) is 3.68. The van der Waals surface area contributed by atoms with Crippen LogP contribution in [-0.4, -0.2) is 35.4 Å². The summed E-state index contributed by atoms with van der Waals surface area (Å²) in [5, 5.41) is 24.8. The van der Waals surface area contributed by atoms with Crippen LogP contribution in [0.4, 0.5) is 5.69 Å². The number of ether oxygens (including phenoxy) is 2. The van der Waals surface area contributed by atoms with E-state index in [4.69, 9.17) is 9.47 Å². The Balaban J connectivity index is 2.03. The summed E-state index contributed by atoms with van der Waals surface area (Å²) in [6.45, 7) is 5.48. The van der Waals surface area contributed by atoms with Crippen molar-refractivity contribution in [1.82, 2.24) is 5.43 Å². The van der Waals surface area contributed by atoms with E-state index < -0.39 is 10.8 Å². The standard InChI is InChI=1S/C19H21N3O6/c1-4-27-17-9-15(22(25)26)8-14(19(17)24)10-20-21-18(23)11-28-16-6-5-12(2)7-13(16)3/h5-10,24H,4,11H2,1-3H3,(H,21,23)/b20-10+. The number of amides is 1. The number of carbonyl (C=O) groups is 1. The molecule has 0 radical (unpaired) electrons. The van der Waals surface area contributed by atoms with E-state index in [-0.39, 0.29) is 36.0 Å². The normalized spacial score (nSPS) is 10.7. The highest BCUT2D eigenvalue weighted by molar-refractivity contribution is 5.87. The minimum Gasteiger partial charge on any atom is -0.504 e. The largest absolute Gasteiger partial charge is 0.504 e. The van der Waals surface area contributed by atoms with Crippen LogP contribution >= 0.6 is 0 Å². The van der Waals surface area contributed by atoms with E-state index in [1.54, 1.807) is 13.0 Å². The Kier molecular flexibility index (Phi) is 6.91. The van der Waals surface area contributed by atoms with Gasteiger partial charge in [0, 0.05) is 11.6 Å². The molecule has 148 valence electrons. The van der Waals surface area contributed by atoms with Gasteiger partial charge in [-0.25, -0.2) is 5.43 Å². The molecule has 0 saturated heterocycles. The van der Waals surface area contributed by atoms with E-state index in [1.165, 1.54) is 0 Å². The minimum atomic E-state index is -0.615. The third-order valence-corrected chi connectivity index (χ3v) is 3.68. The molecule has 0 aromatic heterocycles. The molecule has 2 rings (SSSR count). The molecule has 0 unspecified atom stereocenters. The molecule has 9 heteroatoms. The van der Waals surface area contributed by atoms with Crippen LogP contribution in [0.3, 0.4) is 0 Å². The molecule has 0 aliphatic heterocycles. The van der Waals surface area contributed by atoms with Crippen molar-refractivity contribution < 1.29 is 24.3 Å². The first-order chi connectivity index (χ1) is 13.3. The number of hydrazone groups is 1. The number of benzene rings is 2. The Morgan fingerprint density at radius 3 is 2.64 bits per heavy atom. The second-order valence-corrected chi connectivity index (χ2v) is 5.92. The van der Waals surface area contributed by atoms with Crippen molar-refractivity contribution in [3.8, 4) is 17.2 Å². The Hall–Kier alpha value is -3.62. The van der Waals surface area contributed by atoms with Crippen molar-refractivity contribution in [3.63, 3.8) is 0 Å². The predicted octanol–water partition coefficient (Wildman–Crippen LogP) is 2.85. The molecule has 0 atom stereocenters. The Labute approximate surface area is 161 Å². The van der Waals surface area contributed by atoms with Crippen LogP contribution in [0.5, 0.6) is 17.2 Å². The highest BCUT2D eigenvalue weighted by Crippen LogP contribution is 2.33. The number of aromatic hydroxyl groups is 1. The number of hydrogen-bond donors (Lipinski definition) is 2. The van der Waals surface area contributed by atoms with Crippen molar-refractivity contribution in [2.24, 2.45) is 5.10 Å². The van der Waals surface area contributed by atoms with Gasteiger partial charge >= 0.3 is 0 Å². The number of nitrogens with one attached hydrogen (secondary N) is 1. The lowest BCUT2D eigenvalue weighted by atomic mass is 10.1. The molecule has 2 N–H and O–H groups in total. The average Bonchev–Trinajstić information content (AvgIpc) is 2.63. The molecule has 2 aromatic carbocycles. The summed E-state index contributed by atoms with van der Waals surface area (Å²) in [7, 11) is 0. The Morgan fingerprint density at radius 2 is 2.00 bits per heavy atom. The van der Waals surface area contributed by atoms with Crippen molar-refractivity contribution in [2.75, 3.05) is 13.2 Å². The van der Waals surface area contributed by atoms with E-state index in [0.717, 1.165) is 29.5 Å². The fourth-order valence-corrected chi connectivity index (χ4v) is 2.39. The second kappa shape index (κ2) is 9.36. The zero-order chi connectivity index (χ0) is 20.7. The first-order valence-corrected chi connectivity index (χ1v) is 8.48. The topological polar surface area (TPSA) is 123 Å². The minimum absolute atomic E-state index is 0.0354. The van der Waals surface area contributed by atoms with Gasteiger partial charge < -0.3 is 14.6 Å². The SMILES string of the molecule is CCOc1cc([N+](=O)[O-])cc(/C=N/NC(=O)COc2ccc(C)cc2C)c1O. The van der Waals surface area contributed by atoms with E-state index in [1.807, 2.05) is 26.0 Å². The maximum atomic E-state index is 11.9. The number of rotatable bonds is 8. The molecule has 0 saturated carbocycles. The molecule has 0 bridgehead atoms. The molecule has 28 heavy (non-hydrogen) atoms. The van der Waals surface area contributed by atoms with E-state index >= 15 is 0 Å². The zero-order valence-corrected chi connectivity index (χ0v) is 15.8. The van der Waals surface area contributed by atoms with Gasteiger partial charge in [0.2, 0.25) is 0 Å². The summed E-state index contributed by atoms with van der Waals surface area (Å²) in [6.07, 6.45) is 1.10. The second-order valence-electron chi connectivity index (χ2n) is 5.92. The van der Waals surface area contributed by atoms with E-state index in [0.29, 0.717) is 5.75 Å². The van der Waals surface area contributed by atoms with Crippen molar-refractivity contribution in [1.29, 1.82) is 0 Å². The lowest BCUT2D eigenvalue weighted by molar-refractivity contribution is -0.385. The molecule has 0 spiro atoms. The summed E-state index contributed by atoms with van der Waals surface area (Å²) >= 11 is 0. The van der Waals surface area contributed by atoms with Crippen LogP contribution in [0.2, 0.25) is 0 Å². The number of phenols is 1. The molecule has 0 fully saturated rings. The van der Waals surface area contributed by atoms with Crippen LogP contribution in [0.15, 0.2) is 35.4 Å². The third kappa shape index (κ3) is 5.44. The zero-order valence-electron chi connectivity index (χ0n) is 15.8. The molecule has 2 aromatic rings. The van der Waals surface area contributed by atoms with Crippen LogP contribution in [0.1, 0.15) is 23.6 Å². The summed E-state index contributed by atoms with van der Waals surface area (Å²) in [4.78, 5) is 22.3. The quantitative estimate of drug-likeness (QED) is 0.408. The summed E-state index contributed by atoms with van der Waals surface area (Å²) in [5.74, 6) is -0.284. The number of phenolic OH excluding ortho intramolecular Hbond substituents is 1. The predicted molar refractivity (Wildman–Crippen MR) is 103 cm³/mol. The van der Waals surface area contributed by atoms with Gasteiger partial charge in [0.15, 0.2) is 18.1 Å². The van der Waals surface area contributed by atoms with Gasteiger partial charge in [-0.1, -0.05) is 17.7 Å². The van der Waals surface area contributed by atoms with Gasteiger partial charge in [-0.2, -0.15) is 5.10 Å². The number of nitro benzene ring substituents is 1. The van der Waals surface area contributed by atoms with Crippen molar-refractivity contribution in [3.05, 3.63) is 57.1 Å². The van der Waals surface area contributed by atoms with Gasteiger partial charge in [0.25, 0.3) is 11.6 Å². The number of nitro groups is 1. The lowest BCUT2D eigenvalue weighted by Gasteiger charge is -2.09. The van der Waals surface area contributed by atoms with Gasteiger partial charge in [-0.05, 0) is 32.4 Å². The number of hydrogen-bond acceptors (Lipinski definition) is 7. The van der Waals surface area contributed by atoms with Crippen LogP contribution in [0, 0.1) is 24.0 Å². The van der Waals surface area contributed by atoms with Gasteiger partial charge in [0.05, 0.1) is 23.8 Å². The fourth-order valence-electron chi connectivity index (χ4n) is 2.39. The van der Waals surface area contributed by atoms with Crippen molar-refractivity contribution in [2.45, 2.75) is 20.8 Å². The van der Waals surface area contributed by atoms with Gasteiger partial charge in [0.1, 0.15) is 5.75 Å². The molecular weight excluding hydrogens is 366 g/mol. The highest BCUT2D eigenvalue weighted by atomic mass is 16.6. The monoisotopic (exact) mass is 387 g/mol. The Morgan fingerprint density at radius 1 is 1.25 bits per heavy atom. The molecule has 1 amide bonds. The van der Waals surface area contributed by atoms with Crippen LogP contribution in [-0.2, 0) is 4.79 Å². The number of aryl methyl sites for hydroxylation is 2. The fraction of sp³-hybridized carbons (Fsp3) is 0.263. The van der Waals surface area contributed by atoms with E-state index in [9.17, 15) is 20.0 Å². The number of carbonyl (C=O) groups excluding carboxylic acids is 1. The smallest absolute Gasteiger partial charge is 0.277 e. The maximum absolute atomic E-state index is 11.9. The molecular formula is C19H21N3O6. The first kappa shape index (κ1) is 20.7. The summed E-state index contributed by atoms with van der Waals surface area (Å²) in [6, 6.07) is 7.83. The van der Waals surface area contributed by atoms with Crippen molar-refractivity contribution >= 4 is 17.8 Å². The Bertz CT molecular complexity index is 911. The first-order valence-electron chi connectivity index (χ1n) is 8.48. The number of nitrogens with zero attached hydrogens (tertiary/aromatic N) is 2. The summed E-state index contributed by atoms with van der Waals surface area (Å²) in [5.41, 5.74) is 4.00. The van der Waals surface area contributed by atoms with Crippen LogP contribution < -0.4 is 14.9 Å². The van der Waals surface area contributed by atoms with Crippen LogP contribution in [0.25, 0.3) is 0 Å². The van der Waals surface area contributed by atoms with E-state index in [2.05, 4.69) is 10.5 Å². The lowest BCUT2D eigenvalue weighted by Crippen LogP contribution is -2.24. The molecule has 9 nitrogen and oxygen atoms in total. The molecule has 0 aliphatic rings.